The van der Waals surface area contributed by atoms with Crippen molar-refractivity contribution in [2.75, 3.05) is 6.61 Å². The fraction of sp³-hybridized carbons (Fsp3) is 0.894. The summed E-state index contributed by atoms with van der Waals surface area (Å²) in [6.45, 7) is 4.34. The minimum Gasteiger partial charge on any atom is -0.394 e. The summed E-state index contributed by atoms with van der Waals surface area (Å²) in [5.74, 6) is -0.0684. The highest BCUT2D eigenvalue weighted by Gasteiger charge is 2.18. The topological polar surface area (TPSA) is 69.6 Å². The van der Waals surface area contributed by atoms with Gasteiger partial charge in [-0.3, -0.25) is 4.79 Å². The highest BCUT2D eigenvalue weighted by atomic mass is 16.3. The van der Waals surface area contributed by atoms with Gasteiger partial charge in [-0.15, -0.1) is 0 Å². The Morgan fingerprint density at radius 3 is 0.829 bits per heavy atom. The Morgan fingerprint density at radius 1 is 0.329 bits per heavy atom. The minimum atomic E-state index is -0.863. The van der Waals surface area contributed by atoms with Crippen molar-refractivity contribution < 1.29 is 15.0 Å². The maximum absolute atomic E-state index is 12.5. The second-order valence-corrected chi connectivity index (χ2v) is 22.2. The molecule has 70 heavy (non-hydrogen) atoms. The van der Waals surface area contributed by atoms with Gasteiger partial charge in [-0.1, -0.05) is 333 Å². The van der Waals surface area contributed by atoms with E-state index < -0.39 is 12.1 Å². The van der Waals surface area contributed by atoms with Crippen LogP contribution in [0.3, 0.4) is 0 Å². The number of amides is 1. The summed E-state index contributed by atoms with van der Waals surface area (Å²) < 4.78 is 0. The lowest BCUT2D eigenvalue weighted by atomic mass is 10.0. The first kappa shape index (κ1) is 68.6. The smallest absolute Gasteiger partial charge is 0.220 e. The third kappa shape index (κ3) is 57.5. The number of aliphatic hydroxyl groups excluding tert-OH is 2. The van der Waals surface area contributed by atoms with Gasteiger partial charge in [0.15, 0.2) is 0 Å². The van der Waals surface area contributed by atoms with Gasteiger partial charge in [0.05, 0.1) is 18.8 Å². The molecule has 0 spiro atoms. The van der Waals surface area contributed by atoms with E-state index in [1.54, 1.807) is 6.08 Å². The fourth-order valence-corrected chi connectivity index (χ4v) is 10.2. The fourth-order valence-electron chi connectivity index (χ4n) is 10.2. The maximum atomic E-state index is 12.5. The first-order valence-electron chi connectivity index (χ1n) is 32.2. The molecule has 0 aliphatic rings. The Bertz CT molecular complexity index is 1070. The molecule has 0 aromatic heterocycles. The lowest BCUT2D eigenvalue weighted by Gasteiger charge is -2.19. The van der Waals surface area contributed by atoms with Gasteiger partial charge in [-0.25, -0.2) is 0 Å². The third-order valence-corrected chi connectivity index (χ3v) is 15.1. The van der Waals surface area contributed by atoms with E-state index in [4.69, 9.17) is 0 Å². The van der Waals surface area contributed by atoms with E-state index >= 15 is 0 Å². The van der Waals surface area contributed by atoms with Crippen molar-refractivity contribution >= 4 is 5.91 Å². The number of hydrogen-bond donors (Lipinski definition) is 3. The van der Waals surface area contributed by atoms with Crippen LogP contribution in [0.15, 0.2) is 36.5 Å². The molecule has 0 saturated heterocycles. The van der Waals surface area contributed by atoms with Crippen LogP contribution in [0.25, 0.3) is 0 Å². The molecule has 0 fully saturated rings. The van der Waals surface area contributed by atoms with Gasteiger partial charge in [0.1, 0.15) is 0 Å². The van der Waals surface area contributed by atoms with Gasteiger partial charge in [0.2, 0.25) is 5.91 Å². The molecule has 414 valence electrons. The zero-order valence-corrected chi connectivity index (χ0v) is 47.8. The lowest BCUT2D eigenvalue weighted by molar-refractivity contribution is -0.123. The summed E-state index contributed by atoms with van der Waals surface area (Å²) in [6, 6.07) is -0.640. The second-order valence-electron chi connectivity index (χ2n) is 22.2. The summed E-state index contributed by atoms with van der Waals surface area (Å²) in [5, 5.41) is 23.2. The molecule has 0 aliphatic carbocycles. The van der Waals surface area contributed by atoms with Crippen molar-refractivity contribution in [2.45, 2.75) is 373 Å². The minimum absolute atomic E-state index is 0.0684. The third-order valence-electron chi connectivity index (χ3n) is 15.1. The van der Waals surface area contributed by atoms with E-state index in [9.17, 15) is 15.0 Å². The molecule has 0 rings (SSSR count). The first-order chi connectivity index (χ1) is 34.7. The Morgan fingerprint density at radius 2 is 0.557 bits per heavy atom. The van der Waals surface area contributed by atoms with Crippen LogP contribution in [-0.2, 0) is 4.79 Å². The van der Waals surface area contributed by atoms with Crippen LogP contribution in [0, 0.1) is 0 Å². The van der Waals surface area contributed by atoms with E-state index in [1.165, 1.54) is 308 Å². The molecule has 2 atom stereocenters. The van der Waals surface area contributed by atoms with E-state index in [-0.39, 0.29) is 12.5 Å². The molecule has 0 heterocycles. The number of allylic oxidation sites excluding steroid dienone is 5. The van der Waals surface area contributed by atoms with Crippen molar-refractivity contribution in [3.8, 4) is 0 Å². The van der Waals surface area contributed by atoms with Gasteiger partial charge in [0.25, 0.3) is 0 Å². The molecule has 1 amide bonds. The molecule has 3 N–H and O–H groups in total. The summed E-state index contributed by atoms with van der Waals surface area (Å²) in [6.07, 6.45) is 85.0. The van der Waals surface area contributed by atoms with Crippen molar-refractivity contribution in [3.05, 3.63) is 36.5 Å². The Kier molecular flexibility index (Phi) is 60.7. The van der Waals surface area contributed by atoms with Gasteiger partial charge in [-0.05, 0) is 57.8 Å². The molecular formula is C66H127NO3. The lowest BCUT2D eigenvalue weighted by Crippen LogP contribution is -2.45. The van der Waals surface area contributed by atoms with Crippen LogP contribution in [0.1, 0.15) is 361 Å². The van der Waals surface area contributed by atoms with Crippen LogP contribution < -0.4 is 5.32 Å². The standard InChI is InChI=1S/C66H127NO3/c1-3-5-7-9-11-13-15-17-19-21-23-25-27-29-30-31-32-33-34-35-36-38-39-41-43-45-47-49-51-53-55-57-59-61-65(69)64(63-68)67-66(70)62-60-58-56-54-52-50-48-46-44-42-40-37-28-26-24-22-20-18-16-14-12-10-8-6-4-2/h22,24,51,53,59,61,64-65,68-69H,3-21,23,25-50,52,54-58,60,62-63H2,1-2H3,(H,67,70)/b24-22-,53-51+,61-59+. The molecule has 0 radical (unpaired) electrons. The first-order valence-corrected chi connectivity index (χ1v) is 32.2. The van der Waals surface area contributed by atoms with Gasteiger partial charge in [0, 0.05) is 6.42 Å². The average molecular weight is 983 g/mol. The van der Waals surface area contributed by atoms with E-state index in [0.29, 0.717) is 6.42 Å². The predicted octanol–water partition coefficient (Wildman–Crippen LogP) is 21.6. The van der Waals surface area contributed by atoms with E-state index in [0.717, 1.165) is 32.1 Å². The number of rotatable bonds is 60. The molecule has 0 saturated carbocycles. The number of nitrogens with one attached hydrogen (secondary N) is 1. The largest absolute Gasteiger partial charge is 0.394 e. The molecule has 4 heteroatoms. The molecule has 0 bridgehead atoms. The van der Waals surface area contributed by atoms with Crippen LogP contribution in [0.5, 0.6) is 0 Å². The van der Waals surface area contributed by atoms with Crippen molar-refractivity contribution in [1.82, 2.24) is 5.32 Å². The van der Waals surface area contributed by atoms with Gasteiger partial charge in [-0.2, -0.15) is 0 Å². The summed E-state index contributed by atoms with van der Waals surface area (Å²) in [5.41, 5.74) is 0. The number of aliphatic hydroxyl groups is 2. The Balaban J connectivity index is 3.47. The number of carbonyl (C=O) groups excluding carboxylic acids is 1. The van der Waals surface area contributed by atoms with E-state index in [1.807, 2.05) is 6.08 Å². The Hall–Kier alpha value is -1.39. The van der Waals surface area contributed by atoms with Gasteiger partial charge >= 0.3 is 0 Å². The Labute approximate surface area is 440 Å². The second kappa shape index (κ2) is 61.9. The predicted molar refractivity (Wildman–Crippen MR) is 313 cm³/mol. The quantitative estimate of drug-likeness (QED) is 0.0420. The normalized spacial score (nSPS) is 12.9. The summed E-state index contributed by atoms with van der Waals surface area (Å²) >= 11 is 0. The number of carbonyl (C=O) groups is 1. The monoisotopic (exact) mass is 982 g/mol. The zero-order chi connectivity index (χ0) is 50.6. The van der Waals surface area contributed by atoms with Crippen LogP contribution >= 0.6 is 0 Å². The average Bonchev–Trinajstić information content (AvgIpc) is 3.36. The zero-order valence-electron chi connectivity index (χ0n) is 47.8. The molecule has 4 nitrogen and oxygen atoms in total. The molecule has 0 aromatic carbocycles. The number of hydrogen-bond acceptors (Lipinski definition) is 3. The molecule has 0 aliphatic heterocycles. The molecular weight excluding hydrogens is 855 g/mol. The molecule has 0 aromatic rings. The van der Waals surface area contributed by atoms with Crippen molar-refractivity contribution in [3.63, 3.8) is 0 Å². The highest BCUT2D eigenvalue weighted by molar-refractivity contribution is 5.76. The van der Waals surface area contributed by atoms with Crippen molar-refractivity contribution in [1.29, 1.82) is 0 Å². The summed E-state index contributed by atoms with van der Waals surface area (Å²) in [7, 11) is 0. The van der Waals surface area contributed by atoms with E-state index in [2.05, 4.69) is 43.5 Å². The SMILES string of the molecule is CCCCCCCCCC/C=C\CCCCCCCCCCCCCCCC(=O)NC(CO)C(O)/C=C/CC/C=C/CCCCCCCCCCCCCCCCCCCCCCCCCCCCC. The number of unbranched alkanes of at least 4 members (excludes halogenated alkanes) is 49. The van der Waals surface area contributed by atoms with Gasteiger partial charge < -0.3 is 15.5 Å². The van der Waals surface area contributed by atoms with Crippen LogP contribution in [0.2, 0.25) is 0 Å². The maximum Gasteiger partial charge on any atom is 0.220 e. The van der Waals surface area contributed by atoms with Crippen molar-refractivity contribution in [2.24, 2.45) is 0 Å². The molecule has 2 unspecified atom stereocenters. The highest BCUT2D eigenvalue weighted by Crippen LogP contribution is 2.18. The summed E-state index contributed by atoms with van der Waals surface area (Å²) in [4.78, 5) is 12.5. The van der Waals surface area contributed by atoms with Crippen LogP contribution in [-0.4, -0.2) is 34.9 Å². The van der Waals surface area contributed by atoms with Crippen LogP contribution in [0.4, 0.5) is 0 Å².